The van der Waals surface area contributed by atoms with Gasteiger partial charge in [-0.1, -0.05) is 6.07 Å². The highest BCUT2D eigenvalue weighted by atomic mass is 16.4. The predicted molar refractivity (Wildman–Crippen MR) is 48.3 cm³/mol. The third-order valence-electron chi connectivity index (χ3n) is 1.86. The van der Waals surface area contributed by atoms with E-state index in [2.05, 4.69) is 4.98 Å². The molecule has 1 atom stereocenters. The Hall–Kier alpha value is -1.42. The Labute approximate surface area is 76.4 Å². The van der Waals surface area contributed by atoms with Gasteiger partial charge in [-0.2, -0.15) is 0 Å². The molecule has 0 amide bonds. The molecule has 0 fully saturated rings. The smallest absolute Gasteiger partial charge is 0.304 e. The second-order valence-corrected chi connectivity index (χ2v) is 2.82. The number of hydrogen-bond donors (Lipinski definition) is 2. The molecule has 4 heteroatoms. The van der Waals surface area contributed by atoms with Gasteiger partial charge in [0.1, 0.15) is 0 Å². The van der Waals surface area contributed by atoms with Gasteiger partial charge in [-0.25, -0.2) is 0 Å². The predicted octanol–water partition coefficient (Wildman–Crippen LogP) is 0.599. The van der Waals surface area contributed by atoms with Crippen molar-refractivity contribution < 1.29 is 9.90 Å². The SMILES string of the molecule is NCC(CC(=O)O)c1cccnc1. The van der Waals surface area contributed by atoms with Crippen molar-refractivity contribution in [2.45, 2.75) is 12.3 Å². The lowest BCUT2D eigenvalue weighted by molar-refractivity contribution is -0.137. The Balaban J connectivity index is 2.73. The Bertz CT molecular complexity index is 274. The zero-order valence-corrected chi connectivity index (χ0v) is 7.18. The van der Waals surface area contributed by atoms with Gasteiger partial charge in [0, 0.05) is 18.3 Å². The summed E-state index contributed by atoms with van der Waals surface area (Å²) in [4.78, 5) is 14.4. The molecule has 3 N–H and O–H groups in total. The number of aromatic nitrogens is 1. The van der Waals surface area contributed by atoms with Crippen molar-refractivity contribution in [2.75, 3.05) is 6.54 Å². The highest BCUT2D eigenvalue weighted by Gasteiger charge is 2.13. The van der Waals surface area contributed by atoms with Gasteiger partial charge in [-0.3, -0.25) is 9.78 Å². The molecule has 0 aliphatic carbocycles. The molecule has 0 radical (unpaired) electrons. The van der Waals surface area contributed by atoms with Crippen LogP contribution in [-0.2, 0) is 4.79 Å². The van der Waals surface area contributed by atoms with E-state index >= 15 is 0 Å². The standard InChI is InChI=1S/C9H12N2O2/c10-5-8(4-9(12)13)7-2-1-3-11-6-7/h1-3,6,8H,4-5,10H2,(H,12,13). The lowest BCUT2D eigenvalue weighted by Gasteiger charge is -2.11. The van der Waals surface area contributed by atoms with Gasteiger partial charge in [0.15, 0.2) is 0 Å². The van der Waals surface area contributed by atoms with Gasteiger partial charge in [-0.05, 0) is 18.2 Å². The van der Waals surface area contributed by atoms with Crippen LogP contribution in [0.2, 0.25) is 0 Å². The molecule has 13 heavy (non-hydrogen) atoms. The molecule has 0 aliphatic heterocycles. The fraction of sp³-hybridized carbons (Fsp3) is 0.333. The fourth-order valence-electron chi connectivity index (χ4n) is 1.17. The number of rotatable bonds is 4. The average molecular weight is 180 g/mol. The molecular weight excluding hydrogens is 168 g/mol. The highest BCUT2D eigenvalue weighted by molar-refractivity contribution is 5.68. The maximum atomic E-state index is 10.5. The molecule has 4 nitrogen and oxygen atoms in total. The first-order chi connectivity index (χ1) is 6.24. The zero-order valence-electron chi connectivity index (χ0n) is 7.18. The largest absolute Gasteiger partial charge is 0.481 e. The molecule has 1 heterocycles. The Morgan fingerprint density at radius 1 is 1.69 bits per heavy atom. The Kier molecular flexibility index (Phi) is 3.40. The number of nitrogens with zero attached hydrogens (tertiary/aromatic N) is 1. The summed E-state index contributed by atoms with van der Waals surface area (Å²) in [6.45, 7) is 0.331. The van der Waals surface area contributed by atoms with Crippen LogP contribution in [0.1, 0.15) is 17.9 Å². The van der Waals surface area contributed by atoms with Crippen LogP contribution in [0.4, 0.5) is 0 Å². The van der Waals surface area contributed by atoms with E-state index in [1.165, 1.54) is 0 Å². The normalized spacial score (nSPS) is 12.4. The van der Waals surface area contributed by atoms with Crippen molar-refractivity contribution in [3.63, 3.8) is 0 Å². The number of hydrogen-bond acceptors (Lipinski definition) is 3. The summed E-state index contributed by atoms with van der Waals surface area (Å²) < 4.78 is 0. The molecular formula is C9H12N2O2. The highest BCUT2D eigenvalue weighted by Crippen LogP contribution is 2.16. The van der Waals surface area contributed by atoms with Crippen LogP contribution in [0.3, 0.4) is 0 Å². The van der Waals surface area contributed by atoms with Crippen LogP contribution < -0.4 is 5.73 Å². The van der Waals surface area contributed by atoms with E-state index < -0.39 is 5.97 Å². The minimum absolute atomic E-state index is 0.0577. The Morgan fingerprint density at radius 3 is 2.92 bits per heavy atom. The molecule has 0 bridgehead atoms. The van der Waals surface area contributed by atoms with Crippen LogP contribution >= 0.6 is 0 Å². The lowest BCUT2D eigenvalue weighted by atomic mass is 9.98. The molecule has 0 saturated carbocycles. The summed E-state index contributed by atoms with van der Waals surface area (Å²) in [5.41, 5.74) is 6.34. The van der Waals surface area contributed by atoms with Crippen molar-refractivity contribution in [3.05, 3.63) is 30.1 Å². The van der Waals surface area contributed by atoms with Gasteiger partial charge in [0.05, 0.1) is 6.42 Å². The molecule has 0 saturated heterocycles. The van der Waals surface area contributed by atoms with Crippen molar-refractivity contribution in [2.24, 2.45) is 5.73 Å². The molecule has 0 aliphatic rings. The maximum Gasteiger partial charge on any atom is 0.304 e. The first-order valence-electron chi connectivity index (χ1n) is 4.06. The van der Waals surface area contributed by atoms with Crippen molar-refractivity contribution in [3.8, 4) is 0 Å². The summed E-state index contributed by atoms with van der Waals surface area (Å²) >= 11 is 0. The second kappa shape index (κ2) is 4.57. The van der Waals surface area contributed by atoms with E-state index in [1.807, 2.05) is 6.07 Å². The topological polar surface area (TPSA) is 76.2 Å². The minimum Gasteiger partial charge on any atom is -0.481 e. The van der Waals surface area contributed by atoms with Crippen LogP contribution in [0.25, 0.3) is 0 Å². The molecule has 0 aromatic carbocycles. The third-order valence-corrected chi connectivity index (χ3v) is 1.86. The summed E-state index contributed by atoms with van der Waals surface area (Å²) in [7, 11) is 0. The van der Waals surface area contributed by atoms with E-state index in [0.717, 1.165) is 5.56 Å². The van der Waals surface area contributed by atoms with Crippen molar-refractivity contribution >= 4 is 5.97 Å². The molecule has 1 unspecified atom stereocenters. The summed E-state index contributed by atoms with van der Waals surface area (Å²) in [5, 5.41) is 8.60. The van der Waals surface area contributed by atoms with E-state index in [0.29, 0.717) is 6.54 Å². The lowest BCUT2D eigenvalue weighted by Crippen LogP contribution is -2.16. The number of carboxylic acids is 1. The molecule has 0 spiro atoms. The second-order valence-electron chi connectivity index (χ2n) is 2.82. The molecule has 1 rings (SSSR count). The fourth-order valence-corrected chi connectivity index (χ4v) is 1.17. The van der Waals surface area contributed by atoms with Crippen LogP contribution in [0.15, 0.2) is 24.5 Å². The van der Waals surface area contributed by atoms with Crippen LogP contribution in [0.5, 0.6) is 0 Å². The number of carboxylic acid groups (broad SMARTS) is 1. The van der Waals surface area contributed by atoms with E-state index in [9.17, 15) is 4.79 Å². The number of carbonyl (C=O) groups is 1. The van der Waals surface area contributed by atoms with E-state index in [-0.39, 0.29) is 12.3 Å². The van der Waals surface area contributed by atoms with Crippen LogP contribution in [-0.4, -0.2) is 22.6 Å². The van der Waals surface area contributed by atoms with Crippen LogP contribution in [0, 0.1) is 0 Å². The number of nitrogens with two attached hydrogens (primary N) is 1. The first-order valence-corrected chi connectivity index (χ1v) is 4.06. The minimum atomic E-state index is -0.834. The summed E-state index contributed by atoms with van der Waals surface area (Å²) in [6.07, 6.45) is 3.36. The van der Waals surface area contributed by atoms with Gasteiger partial charge < -0.3 is 10.8 Å². The molecule has 1 aromatic heterocycles. The number of aliphatic carboxylic acids is 1. The molecule has 1 aromatic rings. The van der Waals surface area contributed by atoms with Gasteiger partial charge in [-0.15, -0.1) is 0 Å². The van der Waals surface area contributed by atoms with Crippen molar-refractivity contribution in [1.29, 1.82) is 0 Å². The van der Waals surface area contributed by atoms with Gasteiger partial charge in [0.25, 0.3) is 0 Å². The monoisotopic (exact) mass is 180 g/mol. The van der Waals surface area contributed by atoms with Gasteiger partial charge in [0.2, 0.25) is 0 Å². The van der Waals surface area contributed by atoms with Gasteiger partial charge >= 0.3 is 5.97 Å². The Morgan fingerprint density at radius 2 is 2.46 bits per heavy atom. The maximum absolute atomic E-state index is 10.5. The zero-order chi connectivity index (χ0) is 9.68. The molecule has 70 valence electrons. The van der Waals surface area contributed by atoms with E-state index in [4.69, 9.17) is 10.8 Å². The average Bonchev–Trinajstić information content (AvgIpc) is 2.15. The van der Waals surface area contributed by atoms with E-state index in [1.54, 1.807) is 18.5 Å². The third kappa shape index (κ3) is 2.83. The quantitative estimate of drug-likeness (QED) is 0.711. The number of pyridine rings is 1. The first kappa shape index (κ1) is 9.67. The summed E-state index contributed by atoms with van der Waals surface area (Å²) in [6, 6.07) is 3.62. The van der Waals surface area contributed by atoms with Crippen molar-refractivity contribution in [1.82, 2.24) is 4.98 Å². The summed E-state index contributed by atoms with van der Waals surface area (Å²) in [5.74, 6) is -0.967.